The van der Waals surface area contributed by atoms with Gasteiger partial charge in [0, 0.05) is 21.8 Å². The van der Waals surface area contributed by atoms with E-state index in [9.17, 15) is 9.59 Å². The average Bonchev–Trinajstić information content (AvgIpc) is 2.68. The number of hydrogen-bond acceptors (Lipinski definition) is 5. The van der Waals surface area contributed by atoms with Gasteiger partial charge in [-0.2, -0.15) is 0 Å². The highest BCUT2D eigenvalue weighted by molar-refractivity contribution is 8.03. The number of fused-ring (bicyclic) bond motifs is 1. The molecule has 4 rings (SSSR count). The van der Waals surface area contributed by atoms with Crippen molar-refractivity contribution in [2.24, 2.45) is 0 Å². The Morgan fingerprint density at radius 1 is 1.12 bits per heavy atom. The lowest BCUT2D eigenvalue weighted by atomic mass is 10.1. The van der Waals surface area contributed by atoms with Crippen LogP contribution < -0.4 is 9.64 Å². The van der Waals surface area contributed by atoms with E-state index in [1.165, 1.54) is 0 Å². The zero-order valence-electron chi connectivity index (χ0n) is 14.1. The van der Waals surface area contributed by atoms with Crippen LogP contribution in [0.25, 0.3) is 0 Å². The predicted octanol–water partition coefficient (Wildman–Crippen LogP) is 4.23. The maximum atomic E-state index is 12.5. The number of thioether (sulfide) groups is 1. The van der Waals surface area contributed by atoms with Gasteiger partial charge in [0.1, 0.15) is 18.6 Å². The van der Waals surface area contributed by atoms with E-state index in [1.807, 2.05) is 30.4 Å². The summed E-state index contributed by atoms with van der Waals surface area (Å²) in [6.45, 7) is 1.01. The van der Waals surface area contributed by atoms with Crippen molar-refractivity contribution in [1.29, 1.82) is 0 Å². The molecule has 2 aromatic carbocycles. The molecule has 0 spiro atoms. The van der Waals surface area contributed by atoms with E-state index < -0.39 is 0 Å². The Balaban J connectivity index is 1.54. The Kier molecular flexibility index (Phi) is 4.63. The van der Waals surface area contributed by atoms with Crippen molar-refractivity contribution in [2.45, 2.75) is 11.3 Å². The van der Waals surface area contributed by atoms with E-state index in [0.717, 1.165) is 27.5 Å². The van der Waals surface area contributed by atoms with Crippen LogP contribution in [0.3, 0.4) is 0 Å². The van der Waals surface area contributed by atoms with Crippen molar-refractivity contribution in [3.8, 4) is 5.75 Å². The van der Waals surface area contributed by atoms with E-state index in [1.54, 1.807) is 36.0 Å². The molecular weight excluding hydrogens is 346 g/mol. The van der Waals surface area contributed by atoms with Gasteiger partial charge in [-0.25, -0.2) is 0 Å². The number of hydrogen-bond donors (Lipinski definition) is 0. The summed E-state index contributed by atoms with van der Waals surface area (Å²) in [5.74, 6) is 0.846. The number of carbonyl (C=O) groups is 2. The van der Waals surface area contributed by atoms with E-state index >= 15 is 0 Å². The summed E-state index contributed by atoms with van der Waals surface area (Å²) in [6, 6.07) is 15.1. The normalized spacial score (nSPS) is 15.5. The number of allylic oxidation sites excluding steroid dienone is 3. The quantitative estimate of drug-likeness (QED) is 0.744. The Morgan fingerprint density at radius 3 is 2.73 bits per heavy atom. The highest BCUT2D eigenvalue weighted by Crippen LogP contribution is 2.45. The third-order valence-electron chi connectivity index (χ3n) is 4.32. The zero-order chi connectivity index (χ0) is 17.9. The lowest BCUT2D eigenvalue weighted by Gasteiger charge is -2.34. The Morgan fingerprint density at radius 2 is 1.92 bits per heavy atom. The largest absolute Gasteiger partial charge is 0.492 e. The first kappa shape index (κ1) is 16.7. The highest BCUT2D eigenvalue weighted by Gasteiger charge is 2.30. The number of rotatable bonds is 5. The fourth-order valence-corrected chi connectivity index (χ4v) is 4.24. The van der Waals surface area contributed by atoms with Crippen LogP contribution in [-0.2, 0) is 4.79 Å². The molecule has 2 aromatic rings. The Bertz CT molecular complexity index is 915. The van der Waals surface area contributed by atoms with Crippen LogP contribution in [-0.4, -0.2) is 25.2 Å². The first-order chi connectivity index (χ1) is 12.8. The molecule has 4 nitrogen and oxygen atoms in total. The first-order valence-electron chi connectivity index (χ1n) is 8.43. The average molecular weight is 363 g/mol. The molecular formula is C21H17NO3S. The van der Waals surface area contributed by atoms with Crippen LogP contribution in [0.1, 0.15) is 16.8 Å². The maximum Gasteiger partial charge on any atom is 0.184 e. The molecule has 130 valence electrons. The van der Waals surface area contributed by atoms with Crippen molar-refractivity contribution in [3.05, 3.63) is 76.8 Å². The summed E-state index contributed by atoms with van der Waals surface area (Å²) in [6.07, 6.45) is 5.20. The fraction of sp³-hybridized carbons (Fsp3) is 0.143. The standard InChI is InChI=1S/C21H17NO3S/c23-14-15-8-10-16(11-9-15)25-13-12-22-17-4-1-2-6-19(17)26-20-7-3-5-18(24)21(20)22/h1-4,6-11,14H,5,12-13H2. The van der Waals surface area contributed by atoms with E-state index in [2.05, 4.69) is 11.0 Å². The van der Waals surface area contributed by atoms with Gasteiger partial charge in [0.25, 0.3) is 0 Å². The summed E-state index contributed by atoms with van der Waals surface area (Å²) >= 11 is 1.64. The van der Waals surface area contributed by atoms with Crippen LogP contribution in [0, 0.1) is 0 Å². The number of anilines is 1. The second-order valence-electron chi connectivity index (χ2n) is 6.00. The molecule has 0 bridgehead atoms. The number of benzene rings is 2. The molecule has 0 radical (unpaired) electrons. The number of ketones is 1. The number of carbonyl (C=O) groups excluding carboxylic acids is 2. The lowest BCUT2D eigenvalue weighted by molar-refractivity contribution is -0.115. The number of ether oxygens (including phenoxy) is 1. The maximum absolute atomic E-state index is 12.5. The summed E-state index contributed by atoms with van der Waals surface area (Å²) in [5.41, 5.74) is 2.42. The third kappa shape index (κ3) is 3.18. The topological polar surface area (TPSA) is 46.6 Å². The third-order valence-corrected chi connectivity index (χ3v) is 5.43. The zero-order valence-corrected chi connectivity index (χ0v) is 14.9. The van der Waals surface area contributed by atoms with Crippen LogP contribution >= 0.6 is 11.8 Å². The molecule has 5 heteroatoms. The summed E-state index contributed by atoms with van der Waals surface area (Å²) in [7, 11) is 0. The molecule has 0 N–H and O–H groups in total. The Hall–Kier alpha value is -2.79. The van der Waals surface area contributed by atoms with Crippen molar-refractivity contribution in [1.82, 2.24) is 0 Å². The van der Waals surface area contributed by atoms with Crippen LogP contribution in [0.4, 0.5) is 5.69 Å². The molecule has 2 aliphatic rings. The van der Waals surface area contributed by atoms with E-state index in [0.29, 0.717) is 30.9 Å². The smallest absolute Gasteiger partial charge is 0.184 e. The highest BCUT2D eigenvalue weighted by atomic mass is 32.2. The molecule has 1 aliphatic carbocycles. The van der Waals surface area contributed by atoms with Gasteiger partial charge in [0.2, 0.25) is 0 Å². The molecule has 0 saturated heterocycles. The summed E-state index contributed by atoms with van der Waals surface area (Å²) in [5, 5.41) is 0. The molecule has 0 atom stereocenters. The molecule has 26 heavy (non-hydrogen) atoms. The van der Waals surface area contributed by atoms with Crippen molar-refractivity contribution < 1.29 is 14.3 Å². The molecule has 1 heterocycles. The van der Waals surface area contributed by atoms with Gasteiger partial charge >= 0.3 is 0 Å². The van der Waals surface area contributed by atoms with Gasteiger partial charge in [-0.3, -0.25) is 9.59 Å². The molecule has 0 aromatic heterocycles. The number of para-hydroxylation sites is 1. The molecule has 1 aliphatic heterocycles. The minimum Gasteiger partial charge on any atom is -0.492 e. The predicted molar refractivity (Wildman–Crippen MR) is 103 cm³/mol. The van der Waals surface area contributed by atoms with Gasteiger partial charge in [-0.05, 0) is 42.5 Å². The first-order valence-corrected chi connectivity index (χ1v) is 9.24. The molecule has 0 saturated carbocycles. The summed E-state index contributed by atoms with van der Waals surface area (Å²) in [4.78, 5) is 27.4. The van der Waals surface area contributed by atoms with Gasteiger partial charge < -0.3 is 9.64 Å². The SMILES string of the molecule is O=Cc1ccc(OCCN2C3=C(C=CCC3=O)Sc3ccccc32)cc1. The monoisotopic (exact) mass is 363 g/mol. The summed E-state index contributed by atoms with van der Waals surface area (Å²) < 4.78 is 5.82. The van der Waals surface area contributed by atoms with Gasteiger partial charge in [-0.1, -0.05) is 30.0 Å². The lowest BCUT2D eigenvalue weighted by Crippen LogP contribution is -2.35. The van der Waals surface area contributed by atoms with E-state index in [4.69, 9.17) is 4.74 Å². The Labute approximate surface area is 156 Å². The second kappa shape index (κ2) is 7.22. The van der Waals surface area contributed by atoms with Crippen LogP contribution in [0.5, 0.6) is 5.75 Å². The number of Topliss-reactive ketones (excluding diaryl/α,β-unsaturated/α-hetero) is 1. The minimum absolute atomic E-state index is 0.139. The number of nitrogens with zero attached hydrogens (tertiary/aromatic N) is 1. The van der Waals surface area contributed by atoms with Crippen molar-refractivity contribution in [2.75, 3.05) is 18.1 Å². The molecule has 0 unspecified atom stereocenters. The van der Waals surface area contributed by atoms with Gasteiger partial charge in [-0.15, -0.1) is 0 Å². The molecule has 0 fully saturated rings. The van der Waals surface area contributed by atoms with Crippen molar-refractivity contribution in [3.63, 3.8) is 0 Å². The second-order valence-corrected chi connectivity index (χ2v) is 7.08. The van der Waals surface area contributed by atoms with Crippen LogP contribution in [0.15, 0.2) is 76.2 Å². The fourth-order valence-electron chi connectivity index (χ4n) is 3.09. The van der Waals surface area contributed by atoms with Crippen LogP contribution in [0.2, 0.25) is 0 Å². The number of aldehydes is 1. The molecule has 0 amide bonds. The van der Waals surface area contributed by atoms with Gasteiger partial charge in [0.15, 0.2) is 5.78 Å². The van der Waals surface area contributed by atoms with Gasteiger partial charge in [0.05, 0.1) is 17.9 Å². The van der Waals surface area contributed by atoms with E-state index in [-0.39, 0.29) is 5.78 Å². The van der Waals surface area contributed by atoms with Crippen molar-refractivity contribution >= 4 is 29.5 Å². The minimum atomic E-state index is 0.139.